The molecule has 9 heteroatoms. The highest BCUT2D eigenvalue weighted by Crippen LogP contribution is 2.16. The predicted molar refractivity (Wildman–Crippen MR) is 119 cm³/mol. The Morgan fingerprint density at radius 1 is 1.12 bits per heavy atom. The van der Waals surface area contributed by atoms with Gasteiger partial charge in [0.05, 0.1) is 13.7 Å². The Kier molecular flexibility index (Phi) is 11.3. The fourth-order valence-corrected chi connectivity index (χ4v) is 2.96. The minimum absolute atomic E-state index is 0.139. The molecule has 0 aliphatic carbocycles. The molecule has 0 saturated heterocycles. The van der Waals surface area contributed by atoms with Crippen LogP contribution in [0.1, 0.15) is 53.4 Å². The first-order valence-electron chi connectivity index (χ1n) is 10.9. The van der Waals surface area contributed by atoms with E-state index in [4.69, 9.17) is 18.6 Å². The number of carbonyl (C=O) groups excluding carboxylic acids is 2. The normalized spacial score (nSPS) is 10.7. The van der Waals surface area contributed by atoms with Crippen LogP contribution in [0.2, 0.25) is 0 Å². The molecule has 0 saturated carbocycles. The Balaban J connectivity index is 2.02. The molecule has 0 aliphatic rings. The van der Waals surface area contributed by atoms with E-state index in [0.717, 1.165) is 0 Å². The molecule has 1 aromatic heterocycles. The first-order chi connectivity index (χ1) is 15.6. The molecule has 9 nitrogen and oxygen atoms in total. The average molecular weight is 448 g/mol. The van der Waals surface area contributed by atoms with Crippen LogP contribution in [0.15, 0.2) is 34.9 Å². The summed E-state index contributed by atoms with van der Waals surface area (Å²) in [5, 5.41) is 2.78. The minimum atomic E-state index is -0.321. The van der Waals surface area contributed by atoms with Crippen molar-refractivity contribution in [1.29, 1.82) is 0 Å². The number of benzene rings is 1. The molecular weight excluding hydrogens is 414 g/mol. The maximum Gasteiger partial charge on any atom is 0.273 e. The number of ether oxygens (including phenoxy) is 3. The zero-order chi connectivity index (χ0) is 23.2. The van der Waals surface area contributed by atoms with Crippen molar-refractivity contribution in [2.45, 2.75) is 33.2 Å². The first-order valence-corrected chi connectivity index (χ1v) is 10.9. The summed E-state index contributed by atoms with van der Waals surface area (Å²) in [7, 11) is 1.56. The molecule has 1 aromatic carbocycles. The van der Waals surface area contributed by atoms with E-state index in [-0.39, 0.29) is 29.9 Å². The van der Waals surface area contributed by atoms with Crippen LogP contribution in [0.25, 0.3) is 0 Å². The van der Waals surface area contributed by atoms with Crippen LogP contribution in [0.5, 0.6) is 5.75 Å². The van der Waals surface area contributed by atoms with Gasteiger partial charge in [-0.05, 0) is 44.9 Å². The third-order valence-electron chi connectivity index (χ3n) is 4.59. The molecule has 2 rings (SSSR count). The molecule has 0 spiro atoms. The summed E-state index contributed by atoms with van der Waals surface area (Å²) < 4.78 is 21.3. The number of oxazole rings is 1. The van der Waals surface area contributed by atoms with Gasteiger partial charge < -0.3 is 28.8 Å². The Morgan fingerprint density at radius 2 is 1.88 bits per heavy atom. The number of nitrogens with zero attached hydrogens (tertiary/aromatic N) is 2. The van der Waals surface area contributed by atoms with Crippen molar-refractivity contribution in [3.05, 3.63) is 47.7 Å². The third kappa shape index (κ3) is 8.32. The van der Waals surface area contributed by atoms with Gasteiger partial charge in [-0.1, -0.05) is 6.07 Å². The van der Waals surface area contributed by atoms with Crippen molar-refractivity contribution >= 4 is 11.8 Å². The topological polar surface area (TPSA) is 103 Å². The van der Waals surface area contributed by atoms with Gasteiger partial charge in [0.2, 0.25) is 5.89 Å². The van der Waals surface area contributed by atoms with Crippen LogP contribution in [0.4, 0.5) is 0 Å². The van der Waals surface area contributed by atoms with E-state index in [1.165, 1.54) is 6.26 Å². The molecule has 2 aromatic rings. The molecular formula is C23H33N3O6. The van der Waals surface area contributed by atoms with Gasteiger partial charge in [0, 0.05) is 45.1 Å². The second kappa shape index (κ2) is 14.2. The van der Waals surface area contributed by atoms with Crippen LogP contribution in [-0.4, -0.2) is 68.3 Å². The minimum Gasteiger partial charge on any atom is -0.497 e. The van der Waals surface area contributed by atoms with Crippen LogP contribution in [0, 0.1) is 0 Å². The molecule has 1 N–H and O–H groups in total. The van der Waals surface area contributed by atoms with Crippen molar-refractivity contribution < 1.29 is 28.2 Å². The van der Waals surface area contributed by atoms with Crippen molar-refractivity contribution in [1.82, 2.24) is 15.2 Å². The van der Waals surface area contributed by atoms with Crippen molar-refractivity contribution in [2.24, 2.45) is 0 Å². The maximum absolute atomic E-state index is 13.1. The lowest BCUT2D eigenvalue weighted by Gasteiger charge is -2.21. The highest BCUT2D eigenvalue weighted by Gasteiger charge is 2.20. The highest BCUT2D eigenvalue weighted by molar-refractivity contribution is 5.94. The summed E-state index contributed by atoms with van der Waals surface area (Å²) in [6.45, 7) is 7.33. The molecule has 176 valence electrons. The molecule has 2 amide bonds. The van der Waals surface area contributed by atoms with Gasteiger partial charge in [-0.2, -0.15) is 0 Å². The monoisotopic (exact) mass is 447 g/mol. The molecule has 32 heavy (non-hydrogen) atoms. The maximum atomic E-state index is 13.1. The SMILES string of the molecule is CCOCCCNC(=O)c1coc(CN(CCCOCC)C(=O)c2cccc(OC)c2)n1. The van der Waals surface area contributed by atoms with Gasteiger partial charge in [-0.3, -0.25) is 9.59 Å². The lowest BCUT2D eigenvalue weighted by atomic mass is 10.2. The number of hydrogen-bond acceptors (Lipinski definition) is 7. The molecule has 1 heterocycles. The van der Waals surface area contributed by atoms with E-state index in [2.05, 4.69) is 10.3 Å². The molecule has 0 fully saturated rings. The van der Waals surface area contributed by atoms with Crippen molar-refractivity contribution in [2.75, 3.05) is 46.6 Å². The Bertz CT molecular complexity index is 839. The lowest BCUT2D eigenvalue weighted by molar-refractivity contribution is 0.0695. The zero-order valence-corrected chi connectivity index (χ0v) is 19.1. The number of methoxy groups -OCH3 is 1. The number of carbonyl (C=O) groups is 2. The summed E-state index contributed by atoms with van der Waals surface area (Å²) in [5.41, 5.74) is 0.680. The third-order valence-corrected chi connectivity index (χ3v) is 4.59. The lowest BCUT2D eigenvalue weighted by Crippen LogP contribution is -2.32. The smallest absolute Gasteiger partial charge is 0.273 e. The Labute approximate surface area is 189 Å². The van der Waals surface area contributed by atoms with Gasteiger partial charge in [0.25, 0.3) is 11.8 Å². The number of aromatic nitrogens is 1. The summed E-state index contributed by atoms with van der Waals surface area (Å²) in [6.07, 6.45) is 2.69. The molecule has 0 atom stereocenters. The largest absolute Gasteiger partial charge is 0.497 e. The Hall–Kier alpha value is -2.91. The Morgan fingerprint density at radius 3 is 2.59 bits per heavy atom. The van der Waals surface area contributed by atoms with E-state index in [9.17, 15) is 9.59 Å². The van der Waals surface area contributed by atoms with E-state index < -0.39 is 0 Å². The van der Waals surface area contributed by atoms with Crippen LogP contribution >= 0.6 is 0 Å². The van der Waals surface area contributed by atoms with Crippen molar-refractivity contribution in [3.63, 3.8) is 0 Å². The van der Waals surface area contributed by atoms with Crippen LogP contribution in [-0.2, 0) is 16.0 Å². The van der Waals surface area contributed by atoms with Gasteiger partial charge in [-0.25, -0.2) is 4.98 Å². The predicted octanol–water partition coefficient (Wildman–Crippen LogP) is 2.91. The molecule has 0 aliphatic heterocycles. The number of hydrogen-bond donors (Lipinski definition) is 1. The molecule has 0 unspecified atom stereocenters. The fraction of sp³-hybridized carbons (Fsp3) is 0.522. The molecule has 0 radical (unpaired) electrons. The number of nitrogens with one attached hydrogen (secondary N) is 1. The van der Waals surface area contributed by atoms with Crippen molar-refractivity contribution in [3.8, 4) is 5.75 Å². The fourth-order valence-electron chi connectivity index (χ4n) is 2.96. The zero-order valence-electron chi connectivity index (χ0n) is 19.1. The van der Waals surface area contributed by atoms with Crippen LogP contribution in [0.3, 0.4) is 0 Å². The standard InChI is InChI=1S/C23H33N3O6/c1-4-30-13-7-11-24-22(27)20-17-32-21(25-20)16-26(12-8-14-31-5-2)23(28)18-9-6-10-19(15-18)29-3/h6,9-10,15,17H,4-5,7-8,11-14,16H2,1-3H3,(H,24,27). The van der Waals surface area contributed by atoms with E-state index in [0.29, 0.717) is 63.7 Å². The average Bonchev–Trinajstić information content (AvgIpc) is 3.29. The van der Waals surface area contributed by atoms with E-state index in [1.54, 1.807) is 36.3 Å². The van der Waals surface area contributed by atoms with E-state index >= 15 is 0 Å². The van der Waals surface area contributed by atoms with Gasteiger partial charge in [-0.15, -0.1) is 0 Å². The highest BCUT2D eigenvalue weighted by atomic mass is 16.5. The number of amides is 2. The first kappa shape index (κ1) is 25.4. The molecule has 0 bridgehead atoms. The number of rotatable bonds is 15. The summed E-state index contributed by atoms with van der Waals surface area (Å²) in [4.78, 5) is 31.3. The van der Waals surface area contributed by atoms with Gasteiger partial charge >= 0.3 is 0 Å². The quantitative estimate of drug-likeness (QED) is 0.419. The van der Waals surface area contributed by atoms with Gasteiger partial charge in [0.15, 0.2) is 5.69 Å². The second-order valence-corrected chi connectivity index (χ2v) is 6.94. The van der Waals surface area contributed by atoms with Crippen LogP contribution < -0.4 is 10.1 Å². The second-order valence-electron chi connectivity index (χ2n) is 6.94. The summed E-state index contributed by atoms with van der Waals surface area (Å²) >= 11 is 0. The summed E-state index contributed by atoms with van der Waals surface area (Å²) in [5.74, 6) is 0.390. The van der Waals surface area contributed by atoms with E-state index in [1.807, 2.05) is 13.8 Å². The van der Waals surface area contributed by atoms with Gasteiger partial charge in [0.1, 0.15) is 12.0 Å². The summed E-state index contributed by atoms with van der Waals surface area (Å²) in [6, 6.07) is 6.97.